The van der Waals surface area contributed by atoms with Crippen molar-refractivity contribution in [2.45, 2.75) is 114 Å². The molecule has 5 amide bonds. The topological polar surface area (TPSA) is 283 Å². The molecule has 4 rings (SSSR count). The number of alkyl carbamates (subject to hydrolysis) is 1. The second-order valence-corrected chi connectivity index (χ2v) is 17.4. The number of aryl methyl sites for hydroxylation is 1. The molecule has 20 heteroatoms. The van der Waals surface area contributed by atoms with Crippen LogP contribution in [-0.2, 0) is 56.7 Å². The Hall–Kier alpha value is -6.54. The molecule has 0 bridgehead atoms. The molecule has 5 atom stereocenters. The molecule has 352 valence electrons. The molecular weight excluding hydrogens is 859 g/mol. The van der Waals surface area contributed by atoms with Crippen molar-refractivity contribution >= 4 is 51.7 Å². The van der Waals surface area contributed by atoms with Gasteiger partial charge in [0, 0.05) is 19.6 Å². The quantitative estimate of drug-likeness (QED) is 0.0312. The number of sulfonamides is 1. The minimum absolute atomic E-state index is 0.00186. The lowest BCUT2D eigenvalue weighted by Crippen LogP contribution is -2.57. The molecule has 0 aliphatic carbocycles. The van der Waals surface area contributed by atoms with Crippen molar-refractivity contribution in [2.24, 2.45) is 16.5 Å². The van der Waals surface area contributed by atoms with Crippen LogP contribution in [0.3, 0.4) is 0 Å². The number of nitrogens with two attached hydrogens (primary N) is 2. The van der Waals surface area contributed by atoms with Crippen LogP contribution in [-0.4, -0.2) is 105 Å². The van der Waals surface area contributed by atoms with Crippen LogP contribution in [0.5, 0.6) is 0 Å². The molecule has 9 N–H and O–H groups in total. The molecule has 0 spiro atoms. The van der Waals surface area contributed by atoms with E-state index in [-0.39, 0.29) is 69.4 Å². The van der Waals surface area contributed by atoms with Crippen molar-refractivity contribution in [1.29, 1.82) is 0 Å². The number of nitrogens with zero attached hydrogens (tertiary/aromatic N) is 2. The summed E-state index contributed by atoms with van der Waals surface area (Å²) in [7, 11) is -3.98. The summed E-state index contributed by atoms with van der Waals surface area (Å²) in [5, 5.41) is 10.7. The fraction of sp³-hybridized carbons (Fsp3) is 0.444. The van der Waals surface area contributed by atoms with Crippen molar-refractivity contribution in [3.63, 3.8) is 0 Å². The summed E-state index contributed by atoms with van der Waals surface area (Å²) in [6, 6.07) is 19.2. The SMILES string of the molecule is Cc1ccc(S(=O)(=O)NC(N)=NCCC[C@H](NC(=O)[C@H](C)N)C(=O)N2CCC[C@H]2C(=O)N[C@@H](C)C(=O)N[C@@H](CCCCNC(=O)OCc2ccccc2)C(=O)OCc2ccccc2)cc1. The summed E-state index contributed by atoms with van der Waals surface area (Å²) in [5.41, 5.74) is 14.1. The number of amides is 5. The third-order valence-electron chi connectivity index (χ3n) is 10.3. The highest BCUT2D eigenvalue weighted by atomic mass is 32.2. The predicted molar refractivity (Wildman–Crippen MR) is 242 cm³/mol. The molecule has 3 aromatic rings. The Kier molecular flexibility index (Phi) is 20.2. The van der Waals surface area contributed by atoms with E-state index in [0.717, 1.165) is 16.7 Å². The van der Waals surface area contributed by atoms with E-state index in [1.807, 2.05) is 43.3 Å². The monoisotopic (exact) mass is 919 g/mol. The molecule has 0 saturated carbocycles. The minimum Gasteiger partial charge on any atom is -0.459 e. The number of ether oxygens (including phenoxy) is 2. The van der Waals surface area contributed by atoms with E-state index >= 15 is 0 Å². The lowest BCUT2D eigenvalue weighted by atomic mass is 10.1. The van der Waals surface area contributed by atoms with Crippen LogP contribution in [0.15, 0.2) is 94.8 Å². The van der Waals surface area contributed by atoms with Crippen LogP contribution in [0, 0.1) is 6.92 Å². The van der Waals surface area contributed by atoms with Gasteiger partial charge in [0.15, 0.2) is 0 Å². The average molecular weight is 920 g/mol. The van der Waals surface area contributed by atoms with Crippen molar-refractivity contribution < 1.29 is 46.7 Å². The summed E-state index contributed by atoms with van der Waals surface area (Å²) < 4.78 is 38.4. The van der Waals surface area contributed by atoms with E-state index in [0.29, 0.717) is 19.3 Å². The largest absolute Gasteiger partial charge is 0.459 e. The number of guanidine groups is 1. The molecular formula is C45H61N9O10S. The number of likely N-dealkylation sites (tertiary alicyclic amines) is 1. The van der Waals surface area contributed by atoms with Crippen LogP contribution in [0.4, 0.5) is 4.79 Å². The van der Waals surface area contributed by atoms with Gasteiger partial charge in [0.05, 0.1) is 10.9 Å². The fourth-order valence-electron chi connectivity index (χ4n) is 6.69. The van der Waals surface area contributed by atoms with Crippen LogP contribution in [0.1, 0.15) is 75.5 Å². The number of rotatable bonds is 23. The van der Waals surface area contributed by atoms with Crippen molar-refractivity contribution in [3.8, 4) is 0 Å². The highest BCUT2D eigenvalue weighted by molar-refractivity contribution is 7.90. The molecule has 3 aromatic carbocycles. The predicted octanol–water partition coefficient (Wildman–Crippen LogP) is 2.02. The molecule has 1 saturated heterocycles. The van der Waals surface area contributed by atoms with Gasteiger partial charge in [0.2, 0.25) is 29.6 Å². The van der Waals surface area contributed by atoms with Gasteiger partial charge in [-0.25, -0.2) is 22.7 Å². The van der Waals surface area contributed by atoms with E-state index in [4.69, 9.17) is 20.9 Å². The van der Waals surface area contributed by atoms with Gasteiger partial charge in [-0.15, -0.1) is 0 Å². The molecule has 0 aromatic heterocycles. The number of hydrogen-bond donors (Lipinski definition) is 7. The lowest BCUT2D eigenvalue weighted by molar-refractivity contribution is -0.149. The van der Waals surface area contributed by atoms with Crippen LogP contribution >= 0.6 is 0 Å². The van der Waals surface area contributed by atoms with Gasteiger partial charge in [-0.2, -0.15) is 0 Å². The molecule has 1 aliphatic rings. The van der Waals surface area contributed by atoms with Crippen LogP contribution in [0.25, 0.3) is 0 Å². The number of carbonyl (C=O) groups is 6. The standard InChI is InChI=1S/C45H61N9O10S/c1-30-21-23-35(24-22-30)65(61,62)53-44(47)48-26-12-19-36(51-39(55)31(2)46)42(58)54-27-13-20-38(54)41(57)50-32(3)40(56)52-37(43(59)63-28-33-14-6-4-7-15-33)18-10-11-25-49-45(60)64-29-34-16-8-5-9-17-34/h4-9,14-17,21-24,31-32,36-38H,10-13,18-20,25-29,46H2,1-3H3,(H,49,60)(H,50,57)(H,51,55)(H,52,56)(H3,47,48,53)/t31-,32-,36-,37-,38-/m0/s1. The molecule has 1 heterocycles. The number of benzene rings is 3. The first-order chi connectivity index (χ1) is 31.0. The van der Waals surface area contributed by atoms with E-state index in [1.165, 1.54) is 30.9 Å². The zero-order chi connectivity index (χ0) is 47.4. The van der Waals surface area contributed by atoms with Gasteiger partial charge >= 0.3 is 12.1 Å². The number of esters is 1. The third kappa shape index (κ3) is 17.2. The smallest absolute Gasteiger partial charge is 0.407 e. The number of nitrogens with one attached hydrogen (secondary N) is 5. The number of unbranched alkanes of at least 4 members (excludes halogenated alkanes) is 1. The maximum atomic E-state index is 14.0. The van der Waals surface area contributed by atoms with Crippen molar-refractivity contribution in [1.82, 2.24) is 30.9 Å². The molecule has 1 aliphatic heterocycles. The van der Waals surface area contributed by atoms with E-state index in [1.54, 1.807) is 36.4 Å². The minimum atomic E-state index is -3.98. The third-order valence-corrected chi connectivity index (χ3v) is 11.7. The Bertz CT molecular complexity index is 2190. The first-order valence-corrected chi connectivity index (χ1v) is 23.0. The maximum Gasteiger partial charge on any atom is 0.407 e. The van der Waals surface area contributed by atoms with Crippen molar-refractivity contribution in [3.05, 3.63) is 102 Å². The Morgan fingerprint density at radius 1 is 0.785 bits per heavy atom. The van der Waals surface area contributed by atoms with Gasteiger partial charge in [-0.3, -0.25) is 24.2 Å². The van der Waals surface area contributed by atoms with E-state index < -0.39 is 75.9 Å². The van der Waals surface area contributed by atoms with Gasteiger partial charge < -0.3 is 47.1 Å². The Morgan fingerprint density at radius 3 is 2.02 bits per heavy atom. The van der Waals surface area contributed by atoms with Gasteiger partial charge in [0.1, 0.15) is 37.4 Å². The zero-order valence-corrected chi connectivity index (χ0v) is 37.8. The summed E-state index contributed by atoms with van der Waals surface area (Å²) in [6.45, 7) is 5.27. The van der Waals surface area contributed by atoms with Gasteiger partial charge in [0.25, 0.3) is 10.0 Å². The number of aliphatic imine (C=N–C) groups is 1. The summed E-state index contributed by atoms with van der Waals surface area (Å²) >= 11 is 0. The number of hydrogen-bond acceptors (Lipinski definition) is 12. The first kappa shape index (κ1) is 51.1. The average Bonchev–Trinajstić information content (AvgIpc) is 3.79. The van der Waals surface area contributed by atoms with Gasteiger partial charge in [-0.05, 0) is 89.0 Å². The highest BCUT2D eigenvalue weighted by Crippen LogP contribution is 2.20. The maximum absolute atomic E-state index is 14.0. The normalized spacial score (nSPS) is 15.7. The Balaban J connectivity index is 1.32. The summed E-state index contributed by atoms with van der Waals surface area (Å²) in [4.78, 5) is 84.8. The molecule has 0 radical (unpaired) electrons. The second kappa shape index (κ2) is 25.7. The first-order valence-electron chi connectivity index (χ1n) is 21.6. The fourth-order valence-corrected chi connectivity index (χ4v) is 7.65. The Morgan fingerprint density at radius 2 is 1.38 bits per heavy atom. The Labute approximate surface area is 379 Å². The second-order valence-electron chi connectivity index (χ2n) is 15.7. The molecule has 19 nitrogen and oxygen atoms in total. The summed E-state index contributed by atoms with van der Waals surface area (Å²) in [6.07, 6.45) is 1.45. The van der Waals surface area contributed by atoms with E-state index in [2.05, 4.69) is 31.0 Å². The molecule has 1 fully saturated rings. The van der Waals surface area contributed by atoms with Gasteiger partial charge in [-0.1, -0.05) is 78.4 Å². The van der Waals surface area contributed by atoms with E-state index in [9.17, 15) is 37.2 Å². The lowest BCUT2D eigenvalue weighted by Gasteiger charge is -2.30. The zero-order valence-electron chi connectivity index (χ0n) is 37.0. The molecule has 65 heavy (non-hydrogen) atoms. The molecule has 0 unspecified atom stereocenters. The highest BCUT2D eigenvalue weighted by Gasteiger charge is 2.39. The van der Waals surface area contributed by atoms with Crippen LogP contribution < -0.4 is 37.5 Å². The van der Waals surface area contributed by atoms with Crippen molar-refractivity contribution in [2.75, 3.05) is 19.6 Å². The number of carbonyl (C=O) groups excluding carboxylic acids is 6. The summed E-state index contributed by atoms with van der Waals surface area (Å²) in [5.74, 6) is -3.46. The van der Waals surface area contributed by atoms with Crippen LogP contribution in [0.2, 0.25) is 0 Å².